The van der Waals surface area contributed by atoms with Gasteiger partial charge in [-0.3, -0.25) is 9.78 Å². The molecular weight excluding hydrogens is 410 g/mol. The first kappa shape index (κ1) is 20.1. The van der Waals surface area contributed by atoms with E-state index in [0.29, 0.717) is 22.0 Å². The molecule has 6 nitrogen and oxygen atoms in total. The minimum Gasteiger partial charge on any atom is -0.320 e. The number of para-hydroxylation sites is 2. The molecule has 0 spiro atoms. The maximum absolute atomic E-state index is 12.7. The number of benzene rings is 2. The molecule has 0 unspecified atom stereocenters. The van der Waals surface area contributed by atoms with Gasteiger partial charge in [0.25, 0.3) is 5.91 Å². The van der Waals surface area contributed by atoms with E-state index in [1.54, 1.807) is 47.5 Å². The number of aromatic nitrogens is 3. The molecule has 0 radical (unpaired) electrons. The molecule has 0 saturated heterocycles. The van der Waals surface area contributed by atoms with E-state index in [1.807, 2.05) is 48.5 Å². The van der Waals surface area contributed by atoms with E-state index in [-0.39, 0.29) is 5.57 Å². The summed E-state index contributed by atoms with van der Waals surface area (Å²) in [6.45, 7) is 0. The van der Waals surface area contributed by atoms with Crippen LogP contribution in [0.15, 0.2) is 90.9 Å². The molecule has 2 heterocycles. The number of pyridine rings is 1. The quantitative estimate of drug-likeness (QED) is 0.354. The van der Waals surface area contributed by atoms with Crippen molar-refractivity contribution in [2.24, 2.45) is 0 Å². The van der Waals surface area contributed by atoms with Crippen molar-refractivity contribution in [3.8, 4) is 23.0 Å². The first-order valence-electron chi connectivity index (χ1n) is 9.39. The summed E-state index contributed by atoms with van der Waals surface area (Å²) >= 11 is 6.12. The van der Waals surface area contributed by atoms with E-state index in [1.165, 1.54) is 6.08 Å². The average Bonchev–Trinajstić information content (AvgIpc) is 3.24. The average molecular weight is 426 g/mol. The maximum Gasteiger partial charge on any atom is 0.266 e. The fraction of sp³-hybridized carbons (Fsp3) is 0. The highest BCUT2D eigenvalue weighted by molar-refractivity contribution is 6.34. The zero-order valence-corrected chi connectivity index (χ0v) is 17.0. The van der Waals surface area contributed by atoms with Crippen LogP contribution in [0.3, 0.4) is 0 Å². The van der Waals surface area contributed by atoms with E-state index < -0.39 is 5.91 Å². The van der Waals surface area contributed by atoms with Crippen LogP contribution < -0.4 is 5.32 Å². The van der Waals surface area contributed by atoms with Crippen molar-refractivity contribution < 1.29 is 4.79 Å². The second kappa shape index (κ2) is 9.08. The van der Waals surface area contributed by atoms with Gasteiger partial charge in [0.15, 0.2) is 0 Å². The smallest absolute Gasteiger partial charge is 0.266 e. The fourth-order valence-corrected chi connectivity index (χ4v) is 3.18. The van der Waals surface area contributed by atoms with Crippen LogP contribution in [0.2, 0.25) is 5.02 Å². The second-order valence-electron chi connectivity index (χ2n) is 6.55. The zero-order valence-electron chi connectivity index (χ0n) is 16.2. The Hall–Kier alpha value is -4.21. The Morgan fingerprint density at radius 3 is 2.45 bits per heavy atom. The van der Waals surface area contributed by atoms with Gasteiger partial charge in [0, 0.05) is 29.7 Å². The zero-order chi connectivity index (χ0) is 21.6. The van der Waals surface area contributed by atoms with Crippen molar-refractivity contribution in [3.63, 3.8) is 0 Å². The minimum atomic E-state index is -0.552. The Bertz CT molecular complexity index is 1290. The molecule has 0 aliphatic rings. The summed E-state index contributed by atoms with van der Waals surface area (Å²) < 4.78 is 1.71. The van der Waals surface area contributed by atoms with Crippen LogP contribution in [0.4, 0.5) is 5.69 Å². The third-order valence-electron chi connectivity index (χ3n) is 4.50. The number of carbonyl (C=O) groups is 1. The lowest BCUT2D eigenvalue weighted by molar-refractivity contribution is -0.112. The van der Waals surface area contributed by atoms with Crippen LogP contribution in [0.1, 0.15) is 5.56 Å². The predicted octanol–water partition coefficient (Wildman–Crippen LogP) is 5.13. The van der Waals surface area contributed by atoms with E-state index in [4.69, 9.17) is 11.6 Å². The number of hydrogen-bond donors (Lipinski definition) is 1. The topological polar surface area (TPSA) is 83.6 Å². The van der Waals surface area contributed by atoms with Gasteiger partial charge < -0.3 is 5.32 Å². The Kier molecular flexibility index (Phi) is 5.88. The van der Waals surface area contributed by atoms with Gasteiger partial charge in [-0.1, -0.05) is 41.9 Å². The van der Waals surface area contributed by atoms with Crippen molar-refractivity contribution in [3.05, 3.63) is 101 Å². The summed E-state index contributed by atoms with van der Waals surface area (Å²) in [7, 11) is 0. The summed E-state index contributed by atoms with van der Waals surface area (Å²) in [6.07, 6.45) is 6.64. The van der Waals surface area contributed by atoms with Crippen molar-refractivity contribution in [2.75, 3.05) is 5.32 Å². The van der Waals surface area contributed by atoms with Crippen LogP contribution in [0.25, 0.3) is 23.0 Å². The van der Waals surface area contributed by atoms with Gasteiger partial charge in [0.05, 0.1) is 16.4 Å². The summed E-state index contributed by atoms with van der Waals surface area (Å²) in [5, 5.41) is 17.4. The van der Waals surface area contributed by atoms with Gasteiger partial charge in [-0.2, -0.15) is 10.4 Å². The lowest BCUT2D eigenvalue weighted by Gasteiger charge is -2.06. The third-order valence-corrected chi connectivity index (χ3v) is 4.83. The molecule has 0 fully saturated rings. The van der Waals surface area contributed by atoms with Crippen LogP contribution in [-0.4, -0.2) is 20.7 Å². The SMILES string of the molecule is N#C/C(=C\c1cn(-c2ccccc2)nc1-c1ccncc1)C(=O)Nc1ccccc1Cl. The first-order chi connectivity index (χ1) is 15.2. The van der Waals surface area contributed by atoms with E-state index >= 15 is 0 Å². The third kappa shape index (κ3) is 4.53. The number of halogens is 1. The van der Waals surface area contributed by atoms with E-state index in [9.17, 15) is 10.1 Å². The van der Waals surface area contributed by atoms with Crippen molar-refractivity contribution in [1.29, 1.82) is 5.26 Å². The Balaban J connectivity index is 1.75. The summed E-state index contributed by atoms with van der Waals surface area (Å²) in [4.78, 5) is 16.8. The maximum atomic E-state index is 12.7. The van der Waals surface area contributed by atoms with Crippen molar-refractivity contribution in [2.45, 2.75) is 0 Å². The molecular formula is C24H16ClN5O. The normalized spacial score (nSPS) is 11.0. The molecule has 150 valence electrons. The van der Waals surface area contributed by atoms with E-state index in [2.05, 4.69) is 15.4 Å². The molecule has 0 aliphatic heterocycles. The summed E-state index contributed by atoms with van der Waals surface area (Å²) in [5.41, 5.74) is 3.30. The molecule has 2 aromatic carbocycles. The van der Waals surface area contributed by atoms with Gasteiger partial charge in [0.1, 0.15) is 17.3 Å². The van der Waals surface area contributed by atoms with Crippen molar-refractivity contribution >= 4 is 29.3 Å². The van der Waals surface area contributed by atoms with Crippen LogP contribution in [-0.2, 0) is 4.79 Å². The molecule has 0 aliphatic carbocycles. The van der Waals surface area contributed by atoms with Crippen LogP contribution in [0.5, 0.6) is 0 Å². The minimum absolute atomic E-state index is 0.0668. The molecule has 0 atom stereocenters. The molecule has 0 saturated carbocycles. The number of rotatable bonds is 5. The monoisotopic (exact) mass is 425 g/mol. The summed E-state index contributed by atoms with van der Waals surface area (Å²) in [5.74, 6) is -0.552. The van der Waals surface area contributed by atoms with Gasteiger partial charge in [-0.15, -0.1) is 0 Å². The Morgan fingerprint density at radius 2 is 1.74 bits per heavy atom. The molecule has 2 aromatic heterocycles. The number of nitrogens with zero attached hydrogens (tertiary/aromatic N) is 4. The van der Waals surface area contributed by atoms with Gasteiger partial charge >= 0.3 is 0 Å². The van der Waals surface area contributed by atoms with Gasteiger partial charge in [0.2, 0.25) is 0 Å². The standard InChI is InChI=1S/C24H16ClN5O/c25-21-8-4-5-9-22(21)28-24(31)18(15-26)14-19-16-30(20-6-2-1-3-7-20)29-23(19)17-10-12-27-13-11-17/h1-14,16H,(H,28,31)/b18-14+. The first-order valence-corrected chi connectivity index (χ1v) is 9.76. The number of hydrogen-bond acceptors (Lipinski definition) is 4. The van der Waals surface area contributed by atoms with Crippen LogP contribution >= 0.6 is 11.6 Å². The molecule has 4 aromatic rings. The Labute approximate surface area is 184 Å². The largest absolute Gasteiger partial charge is 0.320 e. The highest BCUT2D eigenvalue weighted by atomic mass is 35.5. The van der Waals surface area contributed by atoms with Gasteiger partial charge in [-0.05, 0) is 42.5 Å². The van der Waals surface area contributed by atoms with E-state index in [0.717, 1.165) is 11.3 Å². The molecule has 31 heavy (non-hydrogen) atoms. The lowest BCUT2D eigenvalue weighted by Crippen LogP contribution is -2.13. The molecule has 4 rings (SSSR count). The van der Waals surface area contributed by atoms with Crippen LogP contribution in [0, 0.1) is 11.3 Å². The number of carbonyl (C=O) groups excluding carboxylic acids is 1. The number of nitriles is 1. The second-order valence-corrected chi connectivity index (χ2v) is 6.96. The molecule has 1 N–H and O–H groups in total. The highest BCUT2D eigenvalue weighted by Crippen LogP contribution is 2.26. The number of anilines is 1. The number of nitrogens with one attached hydrogen (secondary N) is 1. The van der Waals surface area contributed by atoms with Crippen molar-refractivity contribution in [1.82, 2.24) is 14.8 Å². The molecule has 1 amide bonds. The molecule has 0 bridgehead atoms. The highest BCUT2D eigenvalue weighted by Gasteiger charge is 2.16. The number of amides is 1. The fourth-order valence-electron chi connectivity index (χ4n) is 3.00. The Morgan fingerprint density at radius 1 is 1.03 bits per heavy atom. The predicted molar refractivity (Wildman–Crippen MR) is 120 cm³/mol. The van der Waals surface area contributed by atoms with Gasteiger partial charge in [-0.25, -0.2) is 4.68 Å². The lowest BCUT2D eigenvalue weighted by atomic mass is 10.1. The summed E-state index contributed by atoms with van der Waals surface area (Å²) in [6, 6.07) is 22.1. The molecule has 7 heteroatoms.